The Labute approximate surface area is 49.0 Å². The summed E-state index contributed by atoms with van der Waals surface area (Å²) in [6, 6.07) is 2.38. The van der Waals surface area contributed by atoms with Gasteiger partial charge in [-0.15, -0.1) is 0 Å². The Morgan fingerprint density at radius 1 is 1.62 bits per heavy atom. The maximum absolute atomic E-state index is 5.05. The molecule has 1 saturated heterocycles. The quantitative estimate of drug-likeness (QED) is 0.351. The van der Waals surface area contributed by atoms with E-state index in [1.165, 1.54) is 0 Å². The molecule has 2 heteroatoms. The minimum Gasteiger partial charge on any atom is -0.380 e. The molecule has 8 heavy (non-hydrogen) atoms. The summed E-state index contributed by atoms with van der Waals surface area (Å²) < 4.78 is 5.05. The van der Waals surface area contributed by atoms with Crippen molar-refractivity contribution in [3.8, 4) is 12.0 Å². The molecule has 0 spiro atoms. The molecule has 0 aliphatic carbocycles. The highest BCUT2D eigenvalue weighted by Crippen LogP contribution is 2.09. The molecule has 0 aromatic carbocycles. The largest absolute Gasteiger partial charge is 0.380 e. The van der Waals surface area contributed by atoms with E-state index in [0.717, 1.165) is 19.6 Å². The van der Waals surface area contributed by atoms with Crippen LogP contribution in [-0.4, -0.2) is 13.2 Å². The third kappa shape index (κ3) is 1.14. The second-order valence-corrected chi connectivity index (χ2v) is 1.85. The van der Waals surface area contributed by atoms with E-state index in [2.05, 4.69) is 12.0 Å². The maximum atomic E-state index is 5.05. The first kappa shape index (κ1) is 5.46. The van der Waals surface area contributed by atoms with E-state index in [0.29, 0.717) is 5.92 Å². The van der Waals surface area contributed by atoms with Crippen molar-refractivity contribution in [2.24, 2.45) is 11.7 Å². The van der Waals surface area contributed by atoms with Crippen LogP contribution in [0.5, 0.6) is 0 Å². The smallest absolute Gasteiger partial charge is 0.0605 e. The van der Waals surface area contributed by atoms with Gasteiger partial charge in [0, 0.05) is 18.6 Å². The zero-order valence-corrected chi connectivity index (χ0v) is 4.68. The molecule has 1 heterocycles. The average Bonchev–Trinajstić information content (AvgIpc) is 2.19. The van der Waals surface area contributed by atoms with Gasteiger partial charge in [-0.1, -0.05) is 5.92 Å². The van der Waals surface area contributed by atoms with E-state index < -0.39 is 0 Å². The van der Waals surface area contributed by atoms with Crippen molar-refractivity contribution in [1.29, 1.82) is 0 Å². The van der Waals surface area contributed by atoms with E-state index in [9.17, 15) is 0 Å². The molecule has 0 radical (unpaired) electrons. The first-order valence-corrected chi connectivity index (χ1v) is 2.72. The van der Waals surface area contributed by atoms with Crippen molar-refractivity contribution in [1.82, 2.24) is 0 Å². The lowest BCUT2D eigenvalue weighted by Crippen LogP contribution is -1.95. The van der Waals surface area contributed by atoms with Crippen molar-refractivity contribution >= 4 is 0 Å². The molecule has 0 aromatic rings. The average molecular weight is 111 g/mol. The number of rotatable bonds is 0. The zero-order chi connectivity index (χ0) is 5.82. The normalized spacial score (nSPS) is 26.8. The highest BCUT2D eigenvalue weighted by atomic mass is 16.5. The van der Waals surface area contributed by atoms with Crippen LogP contribution in [0.3, 0.4) is 0 Å². The first-order chi connectivity index (χ1) is 3.93. The van der Waals surface area contributed by atoms with Gasteiger partial charge in [-0.3, -0.25) is 0 Å². The van der Waals surface area contributed by atoms with Crippen LogP contribution in [0.15, 0.2) is 0 Å². The highest BCUT2D eigenvalue weighted by molar-refractivity contribution is 5.01. The zero-order valence-electron chi connectivity index (χ0n) is 4.68. The van der Waals surface area contributed by atoms with Crippen LogP contribution in [0.1, 0.15) is 6.42 Å². The van der Waals surface area contributed by atoms with Crippen LogP contribution in [0.25, 0.3) is 0 Å². The molecule has 0 amide bonds. The molecule has 0 bridgehead atoms. The van der Waals surface area contributed by atoms with Gasteiger partial charge in [-0.25, -0.2) is 0 Å². The minimum atomic E-state index is 0.403. The van der Waals surface area contributed by atoms with Crippen molar-refractivity contribution in [3.63, 3.8) is 0 Å². The van der Waals surface area contributed by atoms with Crippen LogP contribution in [0.2, 0.25) is 0 Å². The Kier molecular flexibility index (Phi) is 1.76. The fourth-order valence-corrected chi connectivity index (χ4v) is 0.766. The summed E-state index contributed by atoms with van der Waals surface area (Å²) in [6.07, 6.45) is 1.05. The molecule has 2 N–H and O–H groups in total. The molecule has 0 aromatic heterocycles. The molecule has 1 rings (SSSR count). The molecular formula is C6H9NO. The Balaban J connectivity index is 2.32. The second kappa shape index (κ2) is 2.58. The summed E-state index contributed by atoms with van der Waals surface area (Å²) in [5.41, 5.74) is 4.99. The van der Waals surface area contributed by atoms with Gasteiger partial charge >= 0.3 is 0 Å². The summed E-state index contributed by atoms with van der Waals surface area (Å²) >= 11 is 0. The molecule has 1 aliphatic rings. The Hall–Kier alpha value is -0.680. The fraction of sp³-hybridized carbons (Fsp3) is 0.667. The van der Waals surface area contributed by atoms with Crippen molar-refractivity contribution < 1.29 is 4.74 Å². The molecule has 1 atom stereocenters. The number of ether oxygens (including phenoxy) is 1. The van der Waals surface area contributed by atoms with Crippen LogP contribution in [-0.2, 0) is 4.74 Å². The predicted molar refractivity (Wildman–Crippen MR) is 30.9 cm³/mol. The van der Waals surface area contributed by atoms with Gasteiger partial charge in [0.05, 0.1) is 6.61 Å². The third-order valence-electron chi connectivity index (χ3n) is 1.22. The summed E-state index contributed by atoms with van der Waals surface area (Å²) in [5, 5.41) is 0. The van der Waals surface area contributed by atoms with E-state index in [4.69, 9.17) is 10.5 Å². The van der Waals surface area contributed by atoms with Gasteiger partial charge in [0.2, 0.25) is 0 Å². The van der Waals surface area contributed by atoms with Crippen LogP contribution in [0, 0.1) is 17.9 Å². The maximum Gasteiger partial charge on any atom is 0.0605 e. The number of nitrogens with two attached hydrogens (primary N) is 1. The lowest BCUT2D eigenvalue weighted by atomic mass is 10.1. The van der Waals surface area contributed by atoms with Gasteiger partial charge in [-0.2, -0.15) is 0 Å². The second-order valence-electron chi connectivity index (χ2n) is 1.85. The van der Waals surface area contributed by atoms with E-state index in [-0.39, 0.29) is 0 Å². The Morgan fingerprint density at radius 2 is 2.50 bits per heavy atom. The lowest BCUT2D eigenvalue weighted by molar-refractivity contribution is 0.192. The summed E-state index contributed by atoms with van der Waals surface area (Å²) in [7, 11) is 0. The molecule has 2 nitrogen and oxygen atoms in total. The molecule has 1 aliphatic heterocycles. The number of hydrogen-bond acceptors (Lipinski definition) is 2. The molecule has 44 valence electrons. The van der Waals surface area contributed by atoms with E-state index >= 15 is 0 Å². The van der Waals surface area contributed by atoms with Crippen LogP contribution >= 0.6 is 0 Å². The lowest BCUT2D eigenvalue weighted by Gasteiger charge is -1.90. The SMILES string of the molecule is NC#CC1CCOC1. The van der Waals surface area contributed by atoms with E-state index in [1.54, 1.807) is 0 Å². The van der Waals surface area contributed by atoms with Gasteiger partial charge in [0.15, 0.2) is 0 Å². The number of hydrogen-bond donors (Lipinski definition) is 1. The highest BCUT2D eigenvalue weighted by Gasteiger charge is 2.11. The molecule has 0 saturated carbocycles. The van der Waals surface area contributed by atoms with E-state index in [1.807, 2.05) is 0 Å². The van der Waals surface area contributed by atoms with Gasteiger partial charge in [-0.05, 0) is 6.42 Å². The van der Waals surface area contributed by atoms with Gasteiger partial charge in [0.25, 0.3) is 0 Å². The van der Waals surface area contributed by atoms with Gasteiger partial charge < -0.3 is 10.5 Å². The fourth-order valence-electron chi connectivity index (χ4n) is 0.766. The monoisotopic (exact) mass is 111 g/mol. The van der Waals surface area contributed by atoms with Gasteiger partial charge in [0.1, 0.15) is 0 Å². The molecule has 1 fully saturated rings. The summed E-state index contributed by atoms with van der Waals surface area (Å²) in [6.45, 7) is 1.61. The van der Waals surface area contributed by atoms with Crippen molar-refractivity contribution in [3.05, 3.63) is 0 Å². The summed E-state index contributed by atoms with van der Waals surface area (Å²) in [5.74, 6) is 3.25. The Morgan fingerprint density at radius 3 is 3.00 bits per heavy atom. The Bertz CT molecular complexity index is 116. The topological polar surface area (TPSA) is 35.2 Å². The standard InChI is InChI=1S/C6H9NO/c7-3-1-6-2-4-8-5-6/h6H,2,4-5,7H2. The van der Waals surface area contributed by atoms with Crippen LogP contribution < -0.4 is 5.73 Å². The minimum absolute atomic E-state index is 0.403. The predicted octanol–water partition coefficient (Wildman–Crippen LogP) is -0.0575. The molecular weight excluding hydrogens is 102 g/mol. The molecule has 1 unspecified atom stereocenters. The van der Waals surface area contributed by atoms with Crippen molar-refractivity contribution in [2.75, 3.05) is 13.2 Å². The summed E-state index contributed by atoms with van der Waals surface area (Å²) in [4.78, 5) is 0. The third-order valence-corrected chi connectivity index (χ3v) is 1.22. The van der Waals surface area contributed by atoms with Crippen LogP contribution in [0.4, 0.5) is 0 Å². The van der Waals surface area contributed by atoms with Crippen molar-refractivity contribution in [2.45, 2.75) is 6.42 Å². The first-order valence-electron chi connectivity index (χ1n) is 2.72.